The van der Waals surface area contributed by atoms with Gasteiger partial charge in [-0.05, 0) is 23.6 Å². The molecule has 0 bridgehead atoms. The number of hydrogen-bond donors (Lipinski definition) is 1. The minimum absolute atomic E-state index is 0.0650. The molecule has 22 heavy (non-hydrogen) atoms. The molecule has 0 unspecified atom stereocenters. The van der Waals surface area contributed by atoms with Crippen LogP contribution < -0.4 is 9.47 Å². The summed E-state index contributed by atoms with van der Waals surface area (Å²) in [5.41, 5.74) is 0.624. The van der Waals surface area contributed by atoms with E-state index in [1.807, 2.05) is 30.3 Å². The third-order valence-electron chi connectivity index (χ3n) is 3.32. The Morgan fingerprint density at radius 1 is 0.864 bits per heavy atom. The smallest absolute Gasteiger partial charge is 0.137 e. The molecule has 0 radical (unpaired) electrons. The van der Waals surface area contributed by atoms with Crippen molar-refractivity contribution >= 4 is 10.8 Å². The highest BCUT2D eigenvalue weighted by molar-refractivity contribution is 5.88. The Kier molecular flexibility index (Phi) is 4.51. The first-order valence-corrected chi connectivity index (χ1v) is 7.16. The summed E-state index contributed by atoms with van der Waals surface area (Å²) >= 11 is 0. The maximum atomic E-state index is 8.93. The molecule has 2 aromatic carbocycles. The van der Waals surface area contributed by atoms with Crippen molar-refractivity contribution in [3.05, 3.63) is 66.5 Å². The molecule has 4 nitrogen and oxygen atoms in total. The summed E-state index contributed by atoms with van der Waals surface area (Å²) < 4.78 is 11.4. The molecular weight excluding hydrogens is 278 g/mol. The highest BCUT2D eigenvalue weighted by atomic mass is 16.5. The van der Waals surface area contributed by atoms with Crippen molar-refractivity contribution in [3.63, 3.8) is 0 Å². The number of aromatic nitrogens is 1. The Hall–Kier alpha value is -2.59. The van der Waals surface area contributed by atoms with Gasteiger partial charge in [-0.1, -0.05) is 36.4 Å². The molecule has 1 N–H and O–H groups in total. The second kappa shape index (κ2) is 6.91. The Labute approximate surface area is 129 Å². The summed E-state index contributed by atoms with van der Waals surface area (Å²) in [7, 11) is 0. The highest BCUT2D eigenvalue weighted by Gasteiger charge is 2.01. The summed E-state index contributed by atoms with van der Waals surface area (Å²) in [5, 5.41) is 11.2. The summed E-state index contributed by atoms with van der Waals surface area (Å²) in [6.45, 7) is 0.823. The molecule has 3 rings (SSSR count). The lowest BCUT2D eigenvalue weighted by Crippen LogP contribution is -2.09. The van der Waals surface area contributed by atoms with Gasteiger partial charge in [0.2, 0.25) is 0 Å². The monoisotopic (exact) mass is 295 g/mol. The largest absolute Gasteiger partial charge is 0.489 e. The van der Waals surface area contributed by atoms with Gasteiger partial charge < -0.3 is 14.6 Å². The zero-order chi connectivity index (χ0) is 15.2. The predicted octanol–water partition coefficient (Wildman–Crippen LogP) is 3.18. The summed E-state index contributed by atoms with van der Waals surface area (Å²) in [6.07, 6.45) is 1.60. The Morgan fingerprint density at radius 2 is 1.68 bits per heavy atom. The number of pyridine rings is 1. The first kappa shape index (κ1) is 14.4. The van der Waals surface area contributed by atoms with Gasteiger partial charge in [0.25, 0.3) is 0 Å². The van der Waals surface area contributed by atoms with Gasteiger partial charge in [0, 0.05) is 5.39 Å². The van der Waals surface area contributed by atoms with Crippen LogP contribution in [0.2, 0.25) is 0 Å². The normalized spacial score (nSPS) is 10.6. The van der Waals surface area contributed by atoms with Crippen LogP contribution in [-0.2, 0) is 6.61 Å². The molecule has 1 heterocycles. The molecule has 0 saturated carbocycles. The maximum absolute atomic E-state index is 8.93. The van der Waals surface area contributed by atoms with Crippen molar-refractivity contribution in [3.8, 4) is 11.5 Å². The average Bonchev–Trinajstić information content (AvgIpc) is 2.59. The third-order valence-corrected chi connectivity index (χ3v) is 3.32. The molecule has 0 spiro atoms. The molecule has 0 amide bonds. The van der Waals surface area contributed by atoms with E-state index in [2.05, 4.69) is 17.1 Å². The molecular formula is C18H17NO3. The number of aliphatic hydroxyl groups excluding tert-OH is 1. The van der Waals surface area contributed by atoms with E-state index in [0.29, 0.717) is 24.7 Å². The molecule has 112 valence electrons. The van der Waals surface area contributed by atoms with E-state index < -0.39 is 0 Å². The van der Waals surface area contributed by atoms with Crippen LogP contribution in [0, 0.1) is 0 Å². The van der Waals surface area contributed by atoms with Gasteiger partial charge in [0.05, 0.1) is 18.5 Å². The van der Waals surface area contributed by atoms with E-state index in [9.17, 15) is 0 Å². The van der Waals surface area contributed by atoms with E-state index in [1.165, 1.54) is 0 Å². The molecule has 0 aliphatic rings. The standard InChI is InChI=1S/C18H17NO3/c20-13-15-8-9-16(12-19-15)21-10-11-22-18-7-3-5-14-4-1-2-6-17(14)18/h1-9,12,20H,10-11,13H2. The minimum atomic E-state index is -0.0650. The van der Waals surface area contributed by atoms with Crippen LogP contribution in [0.25, 0.3) is 10.8 Å². The second-order valence-electron chi connectivity index (χ2n) is 4.82. The first-order chi connectivity index (χ1) is 10.9. The fourth-order valence-corrected chi connectivity index (χ4v) is 2.22. The molecule has 0 saturated heterocycles. The van der Waals surface area contributed by atoms with Crippen molar-refractivity contribution in [1.82, 2.24) is 4.98 Å². The number of benzene rings is 2. The fraction of sp³-hybridized carbons (Fsp3) is 0.167. The van der Waals surface area contributed by atoms with Crippen LogP contribution in [0.5, 0.6) is 11.5 Å². The fourth-order valence-electron chi connectivity index (χ4n) is 2.22. The molecule has 0 aliphatic carbocycles. The van der Waals surface area contributed by atoms with Gasteiger partial charge in [0.1, 0.15) is 24.7 Å². The number of fused-ring (bicyclic) bond motifs is 1. The second-order valence-corrected chi connectivity index (χ2v) is 4.82. The van der Waals surface area contributed by atoms with Crippen molar-refractivity contribution in [2.45, 2.75) is 6.61 Å². The number of ether oxygens (including phenoxy) is 2. The summed E-state index contributed by atoms with van der Waals surface area (Å²) in [4.78, 5) is 4.06. The van der Waals surface area contributed by atoms with Crippen LogP contribution in [0.1, 0.15) is 5.69 Å². The number of rotatable bonds is 6. The van der Waals surface area contributed by atoms with Gasteiger partial charge in [0.15, 0.2) is 0 Å². The van der Waals surface area contributed by atoms with Crippen LogP contribution in [0.3, 0.4) is 0 Å². The predicted molar refractivity (Wildman–Crippen MR) is 85.1 cm³/mol. The molecule has 1 aromatic heterocycles. The van der Waals surface area contributed by atoms with E-state index in [1.54, 1.807) is 18.3 Å². The maximum Gasteiger partial charge on any atom is 0.137 e. The average molecular weight is 295 g/mol. The quantitative estimate of drug-likeness (QED) is 0.710. The molecule has 0 atom stereocenters. The molecule has 4 heteroatoms. The number of aliphatic hydroxyl groups is 1. The van der Waals surface area contributed by atoms with E-state index in [-0.39, 0.29) is 6.61 Å². The molecule has 0 aliphatic heterocycles. The molecule has 0 fully saturated rings. The van der Waals surface area contributed by atoms with E-state index in [0.717, 1.165) is 16.5 Å². The molecule has 3 aromatic rings. The van der Waals surface area contributed by atoms with Crippen LogP contribution in [0.4, 0.5) is 0 Å². The third kappa shape index (κ3) is 3.35. The van der Waals surface area contributed by atoms with Crippen LogP contribution in [-0.4, -0.2) is 23.3 Å². The minimum Gasteiger partial charge on any atom is -0.489 e. The van der Waals surface area contributed by atoms with Crippen LogP contribution in [0.15, 0.2) is 60.8 Å². The lowest BCUT2D eigenvalue weighted by Gasteiger charge is -2.10. The van der Waals surface area contributed by atoms with Crippen molar-refractivity contribution in [2.24, 2.45) is 0 Å². The van der Waals surface area contributed by atoms with E-state index >= 15 is 0 Å². The van der Waals surface area contributed by atoms with Gasteiger partial charge in [-0.15, -0.1) is 0 Å². The zero-order valence-corrected chi connectivity index (χ0v) is 12.1. The van der Waals surface area contributed by atoms with Crippen LogP contribution >= 0.6 is 0 Å². The first-order valence-electron chi connectivity index (χ1n) is 7.16. The van der Waals surface area contributed by atoms with Gasteiger partial charge >= 0.3 is 0 Å². The van der Waals surface area contributed by atoms with Gasteiger partial charge in [-0.25, -0.2) is 0 Å². The Balaban J connectivity index is 1.56. The summed E-state index contributed by atoms with van der Waals surface area (Å²) in [6, 6.07) is 17.6. The van der Waals surface area contributed by atoms with Gasteiger partial charge in [-0.3, -0.25) is 4.98 Å². The van der Waals surface area contributed by atoms with Crippen molar-refractivity contribution < 1.29 is 14.6 Å². The lowest BCUT2D eigenvalue weighted by atomic mass is 10.1. The van der Waals surface area contributed by atoms with Gasteiger partial charge in [-0.2, -0.15) is 0 Å². The topological polar surface area (TPSA) is 51.6 Å². The highest BCUT2D eigenvalue weighted by Crippen LogP contribution is 2.25. The van der Waals surface area contributed by atoms with E-state index in [4.69, 9.17) is 14.6 Å². The Morgan fingerprint density at radius 3 is 2.50 bits per heavy atom. The van der Waals surface area contributed by atoms with Crippen molar-refractivity contribution in [2.75, 3.05) is 13.2 Å². The lowest BCUT2D eigenvalue weighted by molar-refractivity contribution is 0.218. The summed E-state index contributed by atoms with van der Waals surface area (Å²) in [5.74, 6) is 1.52. The zero-order valence-electron chi connectivity index (χ0n) is 12.1. The number of hydrogen-bond acceptors (Lipinski definition) is 4. The SMILES string of the molecule is OCc1ccc(OCCOc2cccc3ccccc23)cn1. The number of nitrogens with zero attached hydrogens (tertiary/aromatic N) is 1. The van der Waals surface area contributed by atoms with Crippen molar-refractivity contribution in [1.29, 1.82) is 0 Å². The Bertz CT molecular complexity index is 735.